The molecule has 4 nitrogen and oxygen atoms in total. The van der Waals surface area contributed by atoms with Gasteiger partial charge in [0.05, 0.1) is 22.6 Å². The summed E-state index contributed by atoms with van der Waals surface area (Å²) in [6, 6.07) is 6.69. The first-order valence-electron chi connectivity index (χ1n) is 4.71. The van der Waals surface area contributed by atoms with E-state index in [0.29, 0.717) is 10.2 Å². The number of benzene rings is 1. The zero-order valence-corrected chi connectivity index (χ0v) is 11.8. The third kappa shape index (κ3) is 3.12. The van der Waals surface area contributed by atoms with Gasteiger partial charge in [-0.2, -0.15) is 0 Å². The molecule has 0 amide bonds. The zero-order valence-electron chi connectivity index (χ0n) is 8.63. The Labute approximate surface area is 112 Å². The van der Waals surface area contributed by atoms with Crippen molar-refractivity contribution < 1.29 is 8.42 Å². The maximum atomic E-state index is 12.0. The lowest BCUT2D eigenvalue weighted by Gasteiger charge is -2.06. The van der Waals surface area contributed by atoms with Crippen molar-refractivity contribution in [1.82, 2.24) is 9.71 Å². The number of nitrogens with one attached hydrogen (secondary N) is 1. The minimum Gasteiger partial charge on any atom is -0.248 e. The molecule has 2 rings (SSSR count). The second-order valence-electron chi connectivity index (χ2n) is 3.23. The maximum absolute atomic E-state index is 12.0. The van der Waals surface area contributed by atoms with Crippen LogP contribution in [0.2, 0.25) is 0 Å². The molecule has 1 aromatic heterocycles. The van der Waals surface area contributed by atoms with Crippen molar-refractivity contribution in [1.29, 1.82) is 0 Å². The highest BCUT2D eigenvalue weighted by Gasteiger charge is 2.16. The van der Waals surface area contributed by atoms with Crippen molar-refractivity contribution in [2.24, 2.45) is 0 Å². The van der Waals surface area contributed by atoms with Crippen LogP contribution in [0.5, 0.6) is 0 Å². The van der Waals surface area contributed by atoms with Gasteiger partial charge >= 0.3 is 0 Å². The highest BCUT2D eigenvalue weighted by Crippen LogP contribution is 2.20. The third-order valence-electron chi connectivity index (χ3n) is 2.05. The molecular formula is C10H9BrN2O2S2. The lowest BCUT2D eigenvalue weighted by molar-refractivity contribution is 0.580. The van der Waals surface area contributed by atoms with Crippen LogP contribution in [0.15, 0.2) is 44.5 Å². The molecule has 0 aliphatic carbocycles. The van der Waals surface area contributed by atoms with Crippen molar-refractivity contribution in [2.75, 3.05) is 0 Å². The lowest BCUT2D eigenvalue weighted by Crippen LogP contribution is -2.23. The van der Waals surface area contributed by atoms with Gasteiger partial charge in [-0.3, -0.25) is 0 Å². The van der Waals surface area contributed by atoms with Crippen molar-refractivity contribution in [3.63, 3.8) is 0 Å². The van der Waals surface area contributed by atoms with Crippen LogP contribution in [-0.2, 0) is 16.6 Å². The molecule has 0 radical (unpaired) electrons. The quantitative estimate of drug-likeness (QED) is 0.935. The molecule has 90 valence electrons. The van der Waals surface area contributed by atoms with Crippen LogP contribution in [0.4, 0.5) is 0 Å². The Morgan fingerprint density at radius 1 is 1.35 bits per heavy atom. The molecule has 7 heteroatoms. The van der Waals surface area contributed by atoms with E-state index in [4.69, 9.17) is 0 Å². The fourth-order valence-electron chi connectivity index (χ4n) is 1.23. The second-order valence-corrected chi connectivity index (χ2v) is 6.54. The zero-order chi connectivity index (χ0) is 12.3. The summed E-state index contributed by atoms with van der Waals surface area (Å²) >= 11 is 4.65. The van der Waals surface area contributed by atoms with Crippen molar-refractivity contribution in [3.8, 4) is 0 Å². The average molecular weight is 333 g/mol. The molecule has 0 fully saturated rings. The summed E-state index contributed by atoms with van der Waals surface area (Å²) < 4.78 is 27.0. The van der Waals surface area contributed by atoms with E-state index in [1.807, 2.05) is 5.38 Å². The van der Waals surface area contributed by atoms with E-state index in [0.717, 1.165) is 0 Å². The Hall–Kier alpha value is -0.760. The normalized spacial score (nSPS) is 11.6. The number of thiazole rings is 1. The Bertz CT molecular complexity index is 597. The van der Waals surface area contributed by atoms with Crippen LogP contribution in [0.3, 0.4) is 0 Å². The number of aromatic nitrogens is 1. The van der Waals surface area contributed by atoms with Gasteiger partial charge in [0.25, 0.3) is 0 Å². The van der Waals surface area contributed by atoms with Gasteiger partial charge < -0.3 is 0 Å². The Kier molecular flexibility index (Phi) is 3.93. The summed E-state index contributed by atoms with van der Waals surface area (Å²) in [5.74, 6) is 0. The second kappa shape index (κ2) is 5.26. The van der Waals surface area contributed by atoms with E-state index in [2.05, 4.69) is 25.6 Å². The lowest BCUT2D eigenvalue weighted by atomic mass is 10.4. The molecule has 1 aromatic carbocycles. The predicted molar refractivity (Wildman–Crippen MR) is 70.3 cm³/mol. The summed E-state index contributed by atoms with van der Waals surface area (Å²) in [6.45, 7) is 0.202. The van der Waals surface area contributed by atoms with Gasteiger partial charge in [-0.25, -0.2) is 18.1 Å². The molecule has 0 spiro atoms. The first-order valence-corrected chi connectivity index (χ1v) is 7.93. The molecule has 1 heterocycles. The molecule has 2 aromatic rings. The van der Waals surface area contributed by atoms with Crippen LogP contribution >= 0.6 is 27.3 Å². The molecule has 0 saturated carbocycles. The van der Waals surface area contributed by atoms with E-state index in [-0.39, 0.29) is 11.4 Å². The standard InChI is InChI=1S/C10H9BrN2O2S2/c11-9-3-1-2-4-10(9)17(14,15)13-5-8-6-16-7-12-8/h1-4,6-7,13H,5H2. The molecular weight excluding hydrogens is 324 g/mol. The Morgan fingerprint density at radius 3 is 2.76 bits per heavy atom. The molecule has 0 aliphatic heterocycles. The largest absolute Gasteiger partial charge is 0.248 e. The fraction of sp³-hybridized carbons (Fsp3) is 0.100. The van der Waals surface area contributed by atoms with E-state index in [9.17, 15) is 8.42 Å². The van der Waals surface area contributed by atoms with Crippen LogP contribution in [-0.4, -0.2) is 13.4 Å². The van der Waals surface area contributed by atoms with Gasteiger partial charge in [0.15, 0.2) is 0 Å². The molecule has 0 unspecified atom stereocenters. The number of hydrogen-bond acceptors (Lipinski definition) is 4. The topological polar surface area (TPSA) is 59.1 Å². The number of hydrogen-bond donors (Lipinski definition) is 1. The average Bonchev–Trinajstić information content (AvgIpc) is 2.80. The highest BCUT2D eigenvalue weighted by atomic mass is 79.9. The van der Waals surface area contributed by atoms with Crippen LogP contribution in [0, 0.1) is 0 Å². The minimum absolute atomic E-state index is 0.202. The number of rotatable bonds is 4. The Balaban J connectivity index is 2.17. The predicted octanol–water partition coefficient (Wildman–Crippen LogP) is 2.38. The van der Waals surface area contributed by atoms with Crippen LogP contribution in [0.25, 0.3) is 0 Å². The van der Waals surface area contributed by atoms with Gasteiger partial charge in [-0.1, -0.05) is 12.1 Å². The summed E-state index contributed by atoms with van der Waals surface area (Å²) in [4.78, 5) is 4.25. The smallest absolute Gasteiger partial charge is 0.242 e. The van der Waals surface area contributed by atoms with E-state index < -0.39 is 10.0 Å². The Morgan fingerprint density at radius 2 is 2.12 bits per heavy atom. The first-order chi connectivity index (χ1) is 8.09. The van der Waals surface area contributed by atoms with Crippen LogP contribution in [0.1, 0.15) is 5.69 Å². The van der Waals surface area contributed by atoms with Gasteiger partial charge in [-0.15, -0.1) is 11.3 Å². The molecule has 0 bridgehead atoms. The van der Waals surface area contributed by atoms with E-state index >= 15 is 0 Å². The molecule has 0 atom stereocenters. The fourth-order valence-corrected chi connectivity index (χ4v) is 3.79. The maximum Gasteiger partial charge on any atom is 0.242 e. The number of sulfonamides is 1. The van der Waals surface area contributed by atoms with Crippen molar-refractivity contribution in [3.05, 3.63) is 45.3 Å². The summed E-state index contributed by atoms with van der Waals surface area (Å²) in [6.07, 6.45) is 0. The highest BCUT2D eigenvalue weighted by molar-refractivity contribution is 9.10. The van der Waals surface area contributed by atoms with Gasteiger partial charge in [-0.05, 0) is 28.1 Å². The SMILES string of the molecule is O=S(=O)(NCc1cscn1)c1ccccc1Br. The van der Waals surface area contributed by atoms with Crippen LogP contribution < -0.4 is 4.72 Å². The molecule has 1 N–H and O–H groups in total. The van der Waals surface area contributed by atoms with Crippen molar-refractivity contribution in [2.45, 2.75) is 11.4 Å². The van der Waals surface area contributed by atoms with Gasteiger partial charge in [0, 0.05) is 9.85 Å². The first kappa shape index (κ1) is 12.7. The summed E-state index contributed by atoms with van der Waals surface area (Å²) in [7, 11) is -3.50. The molecule has 17 heavy (non-hydrogen) atoms. The summed E-state index contributed by atoms with van der Waals surface area (Å²) in [5.41, 5.74) is 2.38. The third-order valence-corrected chi connectivity index (χ3v) is 5.10. The summed E-state index contributed by atoms with van der Waals surface area (Å²) in [5, 5.41) is 1.81. The monoisotopic (exact) mass is 332 g/mol. The van der Waals surface area contributed by atoms with E-state index in [1.54, 1.807) is 29.8 Å². The molecule has 0 saturated heterocycles. The van der Waals surface area contributed by atoms with Gasteiger partial charge in [0.2, 0.25) is 10.0 Å². The minimum atomic E-state index is -3.50. The molecule has 0 aliphatic rings. The number of nitrogens with zero attached hydrogens (tertiary/aromatic N) is 1. The van der Waals surface area contributed by atoms with E-state index in [1.165, 1.54) is 11.3 Å². The number of halogens is 1. The van der Waals surface area contributed by atoms with Gasteiger partial charge in [0.1, 0.15) is 0 Å². The van der Waals surface area contributed by atoms with Crippen molar-refractivity contribution >= 4 is 37.3 Å².